The Morgan fingerprint density at radius 3 is 2.79 bits per heavy atom. The predicted octanol–water partition coefficient (Wildman–Crippen LogP) is 3.10. The minimum absolute atomic E-state index is 0.0102. The number of hydrogen-bond donors (Lipinski definition) is 1. The molecule has 1 amide bonds. The van der Waals surface area contributed by atoms with Gasteiger partial charge in [-0.05, 0) is 44.9 Å². The highest BCUT2D eigenvalue weighted by Gasteiger charge is 2.20. The third-order valence-electron chi connectivity index (χ3n) is 5.08. The predicted molar refractivity (Wildman–Crippen MR) is 115 cm³/mol. The number of fused-ring (bicyclic) bond motifs is 1. The molecule has 0 radical (unpaired) electrons. The Bertz CT molecular complexity index is 926. The van der Waals surface area contributed by atoms with Crippen molar-refractivity contribution in [2.75, 3.05) is 19.6 Å². The van der Waals surface area contributed by atoms with Crippen molar-refractivity contribution in [1.29, 1.82) is 0 Å². The van der Waals surface area contributed by atoms with Gasteiger partial charge in [0, 0.05) is 43.1 Å². The van der Waals surface area contributed by atoms with Crippen LogP contribution in [0.1, 0.15) is 33.1 Å². The van der Waals surface area contributed by atoms with Gasteiger partial charge in [0.05, 0.1) is 17.2 Å². The van der Waals surface area contributed by atoms with E-state index in [0.717, 1.165) is 36.9 Å². The fourth-order valence-electron chi connectivity index (χ4n) is 3.38. The Morgan fingerprint density at radius 1 is 1.32 bits per heavy atom. The van der Waals surface area contributed by atoms with Crippen molar-refractivity contribution in [3.8, 4) is 0 Å². The number of amides is 1. The molecule has 1 fully saturated rings. The van der Waals surface area contributed by atoms with E-state index in [1.165, 1.54) is 16.5 Å². The number of rotatable bonds is 6. The molecule has 0 atom stereocenters. The minimum atomic E-state index is -0.119. The molecule has 0 aliphatic carbocycles. The molecular formula is C21H27BrN4O2. The topological polar surface area (TPSA) is 67.2 Å². The zero-order valence-electron chi connectivity index (χ0n) is 16.4. The maximum atomic E-state index is 12.6. The van der Waals surface area contributed by atoms with Gasteiger partial charge in [0.25, 0.3) is 5.56 Å². The van der Waals surface area contributed by atoms with Crippen molar-refractivity contribution < 1.29 is 4.79 Å². The molecule has 3 rings (SSSR count). The molecule has 1 aliphatic rings. The van der Waals surface area contributed by atoms with Crippen LogP contribution in [0.2, 0.25) is 0 Å². The number of carbonyl (C=O) groups is 1. The lowest BCUT2D eigenvalue weighted by Crippen LogP contribution is -2.44. The number of piperidine rings is 1. The number of nitrogens with zero attached hydrogens (tertiary/aromatic N) is 3. The molecule has 0 unspecified atom stereocenters. The van der Waals surface area contributed by atoms with Crippen LogP contribution >= 0.6 is 15.9 Å². The summed E-state index contributed by atoms with van der Waals surface area (Å²) in [6.07, 6.45) is 5.97. The first-order chi connectivity index (χ1) is 13.4. The summed E-state index contributed by atoms with van der Waals surface area (Å²) >= 11 is 3.38. The molecule has 1 aromatic heterocycles. The average Bonchev–Trinajstić information content (AvgIpc) is 2.67. The van der Waals surface area contributed by atoms with Gasteiger partial charge in [-0.15, -0.1) is 0 Å². The summed E-state index contributed by atoms with van der Waals surface area (Å²) < 4.78 is 2.35. The van der Waals surface area contributed by atoms with Gasteiger partial charge in [0.15, 0.2) is 0 Å². The van der Waals surface area contributed by atoms with Gasteiger partial charge in [-0.25, -0.2) is 4.98 Å². The monoisotopic (exact) mass is 446 g/mol. The molecule has 1 aliphatic heterocycles. The van der Waals surface area contributed by atoms with Crippen LogP contribution in [-0.4, -0.2) is 46.0 Å². The number of benzene rings is 1. The zero-order valence-corrected chi connectivity index (χ0v) is 18.0. The van der Waals surface area contributed by atoms with Gasteiger partial charge in [-0.3, -0.25) is 19.1 Å². The smallest absolute Gasteiger partial charge is 0.261 e. The van der Waals surface area contributed by atoms with E-state index < -0.39 is 0 Å². The van der Waals surface area contributed by atoms with Gasteiger partial charge in [-0.2, -0.15) is 0 Å². The standard InChI is InChI=1S/C21H27BrN4O2/c1-15(2)5-9-25-10-6-17(7-11-25)24-20(27)8-12-26-14-23-19-4-3-16(22)13-18(19)21(26)28/h3-5,13-14,17H,6-12H2,1-2H3,(H,24,27). The first-order valence-corrected chi connectivity index (χ1v) is 10.5. The summed E-state index contributed by atoms with van der Waals surface area (Å²) in [5, 5.41) is 3.67. The van der Waals surface area contributed by atoms with Crippen LogP contribution in [0.25, 0.3) is 10.9 Å². The second kappa shape index (κ2) is 9.47. The normalized spacial score (nSPS) is 15.5. The van der Waals surface area contributed by atoms with E-state index in [-0.39, 0.29) is 23.9 Å². The molecule has 1 aromatic carbocycles. The van der Waals surface area contributed by atoms with Crippen molar-refractivity contribution in [3.63, 3.8) is 0 Å². The fourth-order valence-corrected chi connectivity index (χ4v) is 3.74. The molecular weight excluding hydrogens is 420 g/mol. The SMILES string of the molecule is CC(C)=CCN1CCC(NC(=O)CCn2cnc3ccc(Br)cc3c2=O)CC1. The largest absolute Gasteiger partial charge is 0.353 e. The summed E-state index contributed by atoms with van der Waals surface area (Å²) in [6, 6.07) is 5.65. The van der Waals surface area contributed by atoms with Gasteiger partial charge >= 0.3 is 0 Å². The Labute approximate surface area is 173 Å². The molecule has 6 nitrogen and oxygen atoms in total. The lowest BCUT2D eigenvalue weighted by molar-refractivity contribution is -0.122. The van der Waals surface area contributed by atoms with Crippen molar-refractivity contribution in [2.24, 2.45) is 0 Å². The van der Waals surface area contributed by atoms with Crippen molar-refractivity contribution in [3.05, 3.63) is 51.0 Å². The highest BCUT2D eigenvalue weighted by molar-refractivity contribution is 9.10. The number of aryl methyl sites for hydroxylation is 1. The first-order valence-electron chi connectivity index (χ1n) is 9.72. The van der Waals surface area contributed by atoms with Crippen LogP contribution in [0.5, 0.6) is 0 Å². The third kappa shape index (κ3) is 5.52. The van der Waals surface area contributed by atoms with Crippen LogP contribution < -0.4 is 10.9 Å². The quantitative estimate of drug-likeness (QED) is 0.692. The van der Waals surface area contributed by atoms with E-state index in [4.69, 9.17) is 0 Å². The number of allylic oxidation sites excluding steroid dienone is 1. The Morgan fingerprint density at radius 2 is 2.07 bits per heavy atom. The van der Waals surface area contributed by atoms with Gasteiger partial charge < -0.3 is 5.32 Å². The zero-order chi connectivity index (χ0) is 20.1. The van der Waals surface area contributed by atoms with Crippen molar-refractivity contribution in [2.45, 2.75) is 45.7 Å². The van der Waals surface area contributed by atoms with Crippen molar-refractivity contribution >= 4 is 32.7 Å². The molecule has 1 N–H and O–H groups in total. The molecule has 28 heavy (non-hydrogen) atoms. The highest BCUT2D eigenvalue weighted by atomic mass is 79.9. The van der Waals surface area contributed by atoms with Crippen LogP contribution in [0.4, 0.5) is 0 Å². The average molecular weight is 447 g/mol. The summed E-state index contributed by atoms with van der Waals surface area (Å²) in [4.78, 5) is 31.6. The second-order valence-corrected chi connectivity index (χ2v) is 8.49. The van der Waals surface area contributed by atoms with Crippen LogP contribution in [0.3, 0.4) is 0 Å². The molecule has 7 heteroatoms. The number of nitrogens with one attached hydrogen (secondary N) is 1. The van der Waals surface area contributed by atoms with Gasteiger partial charge in [-0.1, -0.05) is 27.6 Å². The van der Waals surface area contributed by atoms with E-state index in [1.807, 2.05) is 12.1 Å². The van der Waals surface area contributed by atoms with Crippen LogP contribution in [-0.2, 0) is 11.3 Å². The number of aromatic nitrogens is 2. The second-order valence-electron chi connectivity index (χ2n) is 7.58. The molecule has 0 spiro atoms. The molecule has 150 valence electrons. The van der Waals surface area contributed by atoms with Crippen molar-refractivity contribution in [1.82, 2.24) is 19.8 Å². The van der Waals surface area contributed by atoms with E-state index in [9.17, 15) is 9.59 Å². The Kier molecular flexibility index (Phi) is 7.02. The van der Waals surface area contributed by atoms with Crippen LogP contribution in [0, 0.1) is 0 Å². The summed E-state index contributed by atoms with van der Waals surface area (Å²) in [6.45, 7) is 7.54. The van der Waals surface area contributed by atoms with Crippen LogP contribution in [0.15, 0.2) is 45.4 Å². The minimum Gasteiger partial charge on any atom is -0.353 e. The van der Waals surface area contributed by atoms with E-state index in [1.54, 1.807) is 6.07 Å². The number of halogens is 1. The molecule has 2 heterocycles. The molecule has 0 bridgehead atoms. The summed E-state index contributed by atoms with van der Waals surface area (Å²) in [7, 11) is 0. The highest BCUT2D eigenvalue weighted by Crippen LogP contribution is 2.15. The fraction of sp³-hybridized carbons (Fsp3) is 0.476. The maximum Gasteiger partial charge on any atom is 0.261 e. The summed E-state index contributed by atoms with van der Waals surface area (Å²) in [5.74, 6) is -0.0102. The Hall–Kier alpha value is -1.99. The first kappa shape index (κ1) is 20.7. The number of hydrogen-bond acceptors (Lipinski definition) is 4. The van der Waals surface area contributed by atoms with E-state index in [0.29, 0.717) is 17.4 Å². The van der Waals surface area contributed by atoms with E-state index in [2.05, 4.69) is 51.1 Å². The number of carbonyl (C=O) groups excluding carboxylic acids is 1. The lowest BCUT2D eigenvalue weighted by Gasteiger charge is -2.31. The molecule has 0 saturated carbocycles. The Balaban J connectivity index is 1.50. The maximum absolute atomic E-state index is 12.6. The van der Waals surface area contributed by atoms with Gasteiger partial charge in [0.2, 0.25) is 5.91 Å². The third-order valence-corrected chi connectivity index (χ3v) is 5.57. The molecule has 2 aromatic rings. The summed E-state index contributed by atoms with van der Waals surface area (Å²) in [5.41, 5.74) is 1.88. The number of likely N-dealkylation sites (tertiary alicyclic amines) is 1. The lowest BCUT2D eigenvalue weighted by atomic mass is 10.0. The van der Waals surface area contributed by atoms with E-state index >= 15 is 0 Å². The van der Waals surface area contributed by atoms with Gasteiger partial charge in [0.1, 0.15) is 0 Å². The molecule has 1 saturated heterocycles.